The minimum absolute atomic E-state index is 0.00311. The van der Waals surface area contributed by atoms with Gasteiger partial charge in [0.05, 0.1) is 6.61 Å². The molecular weight excluding hydrogens is 420 g/mol. The molecule has 0 N–H and O–H groups in total. The molecule has 34 heavy (non-hydrogen) atoms. The van der Waals surface area contributed by atoms with Gasteiger partial charge < -0.3 is 9.47 Å². The average molecular weight is 473 g/mol. The predicted molar refractivity (Wildman–Crippen MR) is 140 cm³/mol. The molecule has 3 nitrogen and oxygen atoms in total. The lowest BCUT2D eigenvalue weighted by molar-refractivity contribution is -0.0616. The van der Waals surface area contributed by atoms with Gasteiger partial charge in [-0.15, -0.1) is 0 Å². The Bertz CT molecular complexity index is 741. The van der Waals surface area contributed by atoms with Crippen LogP contribution in [0.5, 0.6) is 0 Å². The number of carbonyl (C=O) groups is 1. The number of ether oxygens (including phenoxy) is 2. The summed E-state index contributed by atoms with van der Waals surface area (Å²) in [6.45, 7) is 15.0. The highest BCUT2D eigenvalue weighted by molar-refractivity contribution is 5.60. The Hall–Kier alpha value is -0.990. The molecule has 194 valence electrons. The van der Waals surface area contributed by atoms with E-state index in [4.69, 9.17) is 9.47 Å². The van der Waals surface area contributed by atoms with Crippen LogP contribution < -0.4 is 0 Å². The van der Waals surface area contributed by atoms with Crippen LogP contribution in [0.4, 0.5) is 4.79 Å². The van der Waals surface area contributed by atoms with Crippen LogP contribution in [0.1, 0.15) is 119 Å². The van der Waals surface area contributed by atoms with Crippen LogP contribution in [0.25, 0.3) is 0 Å². The van der Waals surface area contributed by atoms with Gasteiger partial charge in [-0.2, -0.15) is 0 Å². The predicted octanol–water partition coefficient (Wildman–Crippen LogP) is 8.96. The van der Waals surface area contributed by atoms with Crippen LogP contribution in [-0.2, 0) is 9.47 Å². The molecule has 0 unspecified atom stereocenters. The van der Waals surface area contributed by atoms with Crippen LogP contribution in [0.2, 0.25) is 0 Å². The zero-order valence-electron chi connectivity index (χ0n) is 23.0. The first-order valence-corrected chi connectivity index (χ1v) is 14.7. The van der Waals surface area contributed by atoms with Crippen LogP contribution in [0.3, 0.4) is 0 Å². The van der Waals surface area contributed by atoms with Crippen LogP contribution in [0, 0.1) is 46.3 Å². The van der Waals surface area contributed by atoms with Crippen molar-refractivity contribution in [1.29, 1.82) is 0 Å². The van der Waals surface area contributed by atoms with Crippen molar-refractivity contribution in [2.45, 2.75) is 125 Å². The van der Waals surface area contributed by atoms with Crippen molar-refractivity contribution in [2.24, 2.45) is 46.3 Å². The molecule has 0 aromatic carbocycles. The smallest absolute Gasteiger partial charge is 0.434 e. The topological polar surface area (TPSA) is 35.5 Å². The number of carbonyl (C=O) groups excluding carboxylic acids is 1. The molecule has 3 saturated carbocycles. The van der Waals surface area contributed by atoms with Crippen molar-refractivity contribution in [3.63, 3.8) is 0 Å². The monoisotopic (exact) mass is 472 g/mol. The summed E-state index contributed by atoms with van der Waals surface area (Å²) in [4.78, 5) is 12.0. The van der Waals surface area contributed by atoms with Crippen LogP contribution >= 0.6 is 0 Å². The summed E-state index contributed by atoms with van der Waals surface area (Å²) in [5.74, 6) is 5.19. The molecule has 0 saturated heterocycles. The number of rotatable bonds is 8. The molecule has 3 heteroatoms. The van der Waals surface area contributed by atoms with Gasteiger partial charge in [0.2, 0.25) is 0 Å². The number of allylic oxidation sites excluding steroid dienone is 1. The first-order chi connectivity index (χ1) is 16.2. The van der Waals surface area contributed by atoms with Gasteiger partial charge in [-0.3, -0.25) is 0 Å². The van der Waals surface area contributed by atoms with Crippen molar-refractivity contribution in [2.75, 3.05) is 6.61 Å². The van der Waals surface area contributed by atoms with Gasteiger partial charge in [0.25, 0.3) is 0 Å². The van der Waals surface area contributed by atoms with E-state index >= 15 is 0 Å². The first kappa shape index (κ1) is 26.1. The minimum atomic E-state index is -0.474. The van der Waals surface area contributed by atoms with Gasteiger partial charge in [-0.1, -0.05) is 72.5 Å². The molecule has 4 rings (SSSR count). The largest absolute Gasteiger partial charge is 0.508 e. The quantitative estimate of drug-likeness (QED) is 0.261. The molecule has 8 atom stereocenters. The maximum Gasteiger partial charge on any atom is 0.508 e. The van der Waals surface area contributed by atoms with E-state index < -0.39 is 6.16 Å². The fraction of sp³-hybridized carbons (Fsp3) is 0.903. The molecule has 0 aliphatic heterocycles. The summed E-state index contributed by atoms with van der Waals surface area (Å²) in [7, 11) is 0. The first-order valence-electron chi connectivity index (χ1n) is 14.7. The molecule has 0 spiro atoms. The van der Waals surface area contributed by atoms with E-state index in [2.05, 4.69) is 40.7 Å². The lowest BCUT2D eigenvalue weighted by Gasteiger charge is -2.58. The van der Waals surface area contributed by atoms with E-state index in [1.165, 1.54) is 51.4 Å². The van der Waals surface area contributed by atoms with E-state index in [0.29, 0.717) is 17.4 Å². The third kappa shape index (κ3) is 4.96. The van der Waals surface area contributed by atoms with Gasteiger partial charge in [-0.05, 0) is 97.7 Å². The Morgan fingerprint density at radius 2 is 1.85 bits per heavy atom. The van der Waals surface area contributed by atoms with Gasteiger partial charge in [-0.25, -0.2) is 4.79 Å². The lowest BCUT2D eigenvalue weighted by atomic mass is 9.47. The second-order valence-corrected chi connectivity index (χ2v) is 13.4. The second kappa shape index (κ2) is 10.6. The highest BCUT2D eigenvalue weighted by Gasteiger charge is 2.59. The van der Waals surface area contributed by atoms with Crippen molar-refractivity contribution in [3.05, 3.63) is 11.6 Å². The Balaban J connectivity index is 1.41. The van der Waals surface area contributed by atoms with Crippen molar-refractivity contribution < 1.29 is 14.3 Å². The lowest BCUT2D eigenvalue weighted by Crippen LogP contribution is -2.51. The maximum atomic E-state index is 12.0. The molecule has 0 aromatic rings. The molecule has 4 aliphatic carbocycles. The summed E-state index contributed by atoms with van der Waals surface area (Å²) < 4.78 is 10.9. The number of fused-ring (bicyclic) bond motifs is 5. The SMILES string of the molecule is CCCOC(=O)O[C@H]1CC[C@@]2(C)C(=CC[C@H]3[C@@H]4CC[C@H]([C@H](C)CCCC(C)C)[C@@]4(C)CC[C@@H]32)C1. The van der Waals surface area contributed by atoms with Gasteiger partial charge in [0.1, 0.15) is 6.10 Å². The van der Waals surface area contributed by atoms with Crippen molar-refractivity contribution in [1.82, 2.24) is 0 Å². The Kier molecular flexibility index (Phi) is 8.10. The Morgan fingerprint density at radius 3 is 2.59 bits per heavy atom. The van der Waals surface area contributed by atoms with Crippen molar-refractivity contribution >= 4 is 6.16 Å². The highest BCUT2D eigenvalue weighted by Crippen LogP contribution is 2.67. The van der Waals surface area contributed by atoms with E-state index in [1.54, 1.807) is 5.57 Å². The van der Waals surface area contributed by atoms with Crippen LogP contribution in [-0.4, -0.2) is 18.9 Å². The zero-order valence-corrected chi connectivity index (χ0v) is 23.0. The summed E-state index contributed by atoms with van der Waals surface area (Å²) in [6.07, 6.45) is 17.2. The summed E-state index contributed by atoms with van der Waals surface area (Å²) in [6, 6.07) is 0. The van der Waals surface area contributed by atoms with E-state index in [-0.39, 0.29) is 6.10 Å². The van der Waals surface area contributed by atoms with E-state index in [1.807, 2.05) is 6.92 Å². The normalized spacial score (nSPS) is 40.1. The molecule has 0 amide bonds. The Morgan fingerprint density at radius 1 is 1.06 bits per heavy atom. The molecule has 0 bridgehead atoms. The third-order valence-electron chi connectivity index (χ3n) is 10.9. The van der Waals surface area contributed by atoms with E-state index in [9.17, 15) is 4.79 Å². The van der Waals surface area contributed by atoms with Gasteiger partial charge in [0.15, 0.2) is 0 Å². The summed E-state index contributed by atoms with van der Waals surface area (Å²) in [5, 5.41) is 0. The van der Waals surface area contributed by atoms with Crippen LogP contribution in [0.15, 0.2) is 11.6 Å². The molecule has 0 heterocycles. The van der Waals surface area contributed by atoms with Gasteiger partial charge >= 0.3 is 6.16 Å². The number of hydrogen-bond donors (Lipinski definition) is 0. The minimum Gasteiger partial charge on any atom is -0.434 e. The number of hydrogen-bond acceptors (Lipinski definition) is 3. The maximum absolute atomic E-state index is 12.0. The standard InChI is InChI=1S/C31H52O3/c1-7-19-33-29(32)34-24-15-17-30(5)23(20-24)11-12-25-27-14-13-26(22(4)10-8-9-21(2)3)31(27,6)18-16-28(25)30/h11,21-22,24-28H,7-10,12-20H2,1-6H3/t22-,24+,25+,26-,27+,28+,30+,31-/m1/s1. The molecular formula is C31H52O3. The van der Waals surface area contributed by atoms with Gasteiger partial charge in [0, 0.05) is 6.42 Å². The van der Waals surface area contributed by atoms with E-state index in [0.717, 1.165) is 61.2 Å². The molecule has 0 aromatic heterocycles. The highest BCUT2D eigenvalue weighted by atomic mass is 16.7. The summed E-state index contributed by atoms with van der Waals surface area (Å²) in [5.41, 5.74) is 2.43. The molecule has 0 radical (unpaired) electrons. The van der Waals surface area contributed by atoms with Crippen molar-refractivity contribution in [3.8, 4) is 0 Å². The fourth-order valence-electron chi connectivity index (χ4n) is 9.11. The fourth-order valence-corrected chi connectivity index (χ4v) is 9.11. The Labute approximate surface area is 209 Å². The molecule has 4 aliphatic rings. The average Bonchev–Trinajstić information content (AvgIpc) is 3.15. The second-order valence-electron chi connectivity index (χ2n) is 13.4. The zero-order chi connectivity index (χ0) is 24.5. The summed E-state index contributed by atoms with van der Waals surface area (Å²) >= 11 is 0. The molecule has 3 fully saturated rings. The third-order valence-corrected chi connectivity index (χ3v) is 10.9.